The van der Waals surface area contributed by atoms with Crippen LogP contribution in [0.2, 0.25) is 0 Å². The molecule has 0 saturated heterocycles. The van der Waals surface area contributed by atoms with Crippen LogP contribution in [-0.2, 0) is 14.8 Å². The first kappa shape index (κ1) is 16.8. The minimum Gasteiger partial charge on any atom is -0.272 e. The number of halogens is 1. The first-order valence-electron chi connectivity index (χ1n) is 6.60. The Kier molecular flexibility index (Phi) is 5.56. The smallest absolute Gasteiger partial charge is 0.255 e. The molecule has 0 unspecified atom stereocenters. The molecule has 8 heteroatoms. The van der Waals surface area contributed by atoms with Gasteiger partial charge in [0.05, 0.1) is 17.7 Å². The summed E-state index contributed by atoms with van der Waals surface area (Å²) < 4.78 is 39.3. The monoisotopic (exact) mass is 335 g/mol. The highest BCUT2D eigenvalue weighted by molar-refractivity contribution is 7.89. The molecule has 6 nitrogen and oxygen atoms in total. The Hall–Kier alpha value is -2.58. The van der Waals surface area contributed by atoms with Gasteiger partial charge >= 0.3 is 0 Å². The van der Waals surface area contributed by atoms with E-state index in [0.717, 1.165) is 6.21 Å². The van der Waals surface area contributed by atoms with Gasteiger partial charge in [-0.1, -0.05) is 36.4 Å². The van der Waals surface area contributed by atoms with E-state index in [4.69, 9.17) is 0 Å². The van der Waals surface area contributed by atoms with Gasteiger partial charge in [0.2, 0.25) is 10.0 Å². The summed E-state index contributed by atoms with van der Waals surface area (Å²) in [5, 5.41) is 3.58. The van der Waals surface area contributed by atoms with Crippen LogP contribution in [0.4, 0.5) is 4.39 Å². The summed E-state index contributed by atoms with van der Waals surface area (Å²) in [4.78, 5) is 11.6. The van der Waals surface area contributed by atoms with E-state index in [0.29, 0.717) is 0 Å². The molecule has 0 atom stereocenters. The molecule has 0 aliphatic rings. The molecule has 0 bridgehead atoms. The van der Waals surface area contributed by atoms with Crippen LogP contribution in [0.15, 0.2) is 64.6 Å². The van der Waals surface area contributed by atoms with Crippen LogP contribution >= 0.6 is 0 Å². The summed E-state index contributed by atoms with van der Waals surface area (Å²) in [5.74, 6) is -1.15. The molecule has 2 aromatic rings. The van der Waals surface area contributed by atoms with Crippen LogP contribution in [0.5, 0.6) is 0 Å². The third kappa shape index (κ3) is 4.97. The average molecular weight is 335 g/mol. The number of carbonyl (C=O) groups excluding carboxylic acids is 1. The highest BCUT2D eigenvalue weighted by atomic mass is 32.2. The second-order valence-electron chi connectivity index (χ2n) is 4.45. The second-order valence-corrected chi connectivity index (χ2v) is 6.22. The van der Waals surface area contributed by atoms with E-state index in [2.05, 4.69) is 15.2 Å². The van der Waals surface area contributed by atoms with Crippen molar-refractivity contribution in [2.24, 2.45) is 5.10 Å². The average Bonchev–Trinajstić information content (AvgIpc) is 2.56. The fourth-order valence-corrected chi connectivity index (χ4v) is 2.64. The van der Waals surface area contributed by atoms with Gasteiger partial charge in [-0.25, -0.2) is 23.0 Å². The van der Waals surface area contributed by atoms with E-state index in [1.54, 1.807) is 24.3 Å². The lowest BCUT2D eigenvalue weighted by atomic mass is 10.2. The third-order valence-electron chi connectivity index (χ3n) is 2.77. The minimum atomic E-state index is -3.76. The van der Waals surface area contributed by atoms with Gasteiger partial charge in [0.1, 0.15) is 5.82 Å². The van der Waals surface area contributed by atoms with Crippen LogP contribution < -0.4 is 10.1 Å². The first-order chi connectivity index (χ1) is 11.0. The van der Waals surface area contributed by atoms with Crippen molar-refractivity contribution in [1.82, 2.24) is 10.1 Å². The quantitative estimate of drug-likeness (QED) is 0.615. The number of carbonyl (C=O) groups is 1. The molecule has 0 fully saturated rings. The maximum Gasteiger partial charge on any atom is 0.255 e. The van der Waals surface area contributed by atoms with Crippen LogP contribution in [-0.4, -0.2) is 27.1 Å². The van der Waals surface area contributed by atoms with Crippen molar-refractivity contribution in [3.8, 4) is 0 Å². The Morgan fingerprint density at radius 3 is 2.43 bits per heavy atom. The topological polar surface area (TPSA) is 87.6 Å². The number of hydrazone groups is 1. The molecule has 2 rings (SSSR count). The van der Waals surface area contributed by atoms with E-state index in [-0.39, 0.29) is 10.5 Å². The molecule has 0 aliphatic heterocycles. The zero-order chi connectivity index (χ0) is 16.7. The van der Waals surface area contributed by atoms with E-state index in [1.165, 1.54) is 30.3 Å². The predicted molar refractivity (Wildman–Crippen MR) is 83.8 cm³/mol. The molecular formula is C15H14FN3O3S. The fraction of sp³-hybridized carbons (Fsp3) is 0.0667. The van der Waals surface area contributed by atoms with E-state index < -0.39 is 28.3 Å². The third-order valence-corrected chi connectivity index (χ3v) is 4.19. The number of hydrogen-bond acceptors (Lipinski definition) is 4. The standard InChI is InChI=1S/C15H14FN3O3S/c16-14-9-5-4-6-12(14)10-17-19-15(20)11-18-23(21,22)13-7-2-1-3-8-13/h1-10,18H,11H2,(H,19,20)/b17-10+. The minimum absolute atomic E-state index is 0.0580. The molecule has 0 aliphatic carbocycles. The van der Waals surface area contributed by atoms with Crippen LogP contribution in [0.25, 0.3) is 0 Å². The number of amides is 1. The van der Waals surface area contributed by atoms with Gasteiger partial charge in [0.25, 0.3) is 5.91 Å². The van der Waals surface area contributed by atoms with Gasteiger partial charge < -0.3 is 0 Å². The molecule has 120 valence electrons. The van der Waals surface area contributed by atoms with Gasteiger partial charge in [-0.2, -0.15) is 5.10 Å². The maximum atomic E-state index is 13.3. The fourth-order valence-electron chi connectivity index (χ4n) is 1.64. The zero-order valence-electron chi connectivity index (χ0n) is 11.9. The summed E-state index contributed by atoms with van der Waals surface area (Å²) in [6.45, 7) is -0.480. The molecule has 0 heterocycles. The van der Waals surface area contributed by atoms with E-state index in [1.807, 2.05) is 0 Å². The molecule has 23 heavy (non-hydrogen) atoms. The van der Waals surface area contributed by atoms with Crippen LogP contribution in [0.1, 0.15) is 5.56 Å². The molecule has 1 amide bonds. The summed E-state index contributed by atoms with van der Waals surface area (Å²) in [5.41, 5.74) is 2.33. The van der Waals surface area contributed by atoms with Gasteiger partial charge in [-0.15, -0.1) is 0 Å². The molecule has 0 radical (unpaired) electrons. The van der Waals surface area contributed by atoms with Crippen LogP contribution in [0.3, 0.4) is 0 Å². The number of sulfonamides is 1. The van der Waals surface area contributed by atoms with Gasteiger partial charge in [0, 0.05) is 5.56 Å². The summed E-state index contributed by atoms with van der Waals surface area (Å²) in [6, 6.07) is 13.6. The first-order valence-corrected chi connectivity index (χ1v) is 8.08. The summed E-state index contributed by atoms with van der Waals surface area (Å²) in [7, 11) is -3.76. The van der Waals surface area contributed by atoms with Crippen molar-refractivity contribution in [3.63, 3.8) is 0 Å². The largest absolute Gasteiger partial charge is 0.272 e. The predicted octanol–water partition coefficient (Wildman–Crippen LogP) is 1.25. The Labute approximate surface area is 133 Å². The van der Waals surface area contributed by atoms with E-state index in [9.17, 15) is 17.6 Å². The second kappa shape index (κ2) is 7.61. The van der Waals surface area contributed by atoms with Crippen molar-refractivity contribution in [2.45, 2.75) is 4.90 Å². The molecule has 0 spiro atoms. The van der Waals surface area contributed by atoms with E-state index >= 15 is 0 Å². The Morgan fingerprint density at radius 1 is 1.09 bits per heavy atom. The van der Waals surface area contributed by atoms with Gasteiger partial charge in [-0.3, -0.25) is 4.79 Å². The molecule has 0 aromatic heterocycles. The number of nitrogens with one attached hydrogen (secondary N) is 2. The number of hydrogen-bond donors (Lipinski definition) is 2. The highest BCUT2D eigenvalue weighted by Gasteiger charge is 2.14. The lowest BCUT2D eigenvalue weighted by molar-refractivity contribution is -0.119. The van der Waals surface area contributed by atoms with Crippen molar-refractivity contribution in [1.29, 1.82) is 0 Å². The van der Waals surface area contributed by atoms with Crippen molar-refractivity contribution < 1.29 is 17.6 Å². The number of nitrogens with zero attached hydrogens (tertiary/aromatic N) is 1. The van der Waals surface area contributed by atoms with Crippen LogP contribution in [0, 0.1) is 5.82 Å². The van der Waals surface area contributed by atoms with Crippen molar-refractivity contribution >= 4 is 22.1 Å². The number of benzene rings is 2. The lowest BCUT2D eigenvalue weighted by Gasteiger charge is -2.05. The Morgan fingerprint density at radius 2 is 1.74 bits per heavy atom. The Balaban J connectivity index is 1.87. The van der Waals surface area contributed by atoms with Crippen molar-refractivity contribution in [2.75, 3.05) is 6.54 Å². The Bertz CT molecular complexity index is 808. The molecular weight excluding hydrogens is 321 g/mol. The summed E-state index contributed by atoms with van der Waals surface area (Å²) >= 11 is 0. The lowest BCUT2D eigenvalue weighted by Crippen LogP contribution is -2.34. The van der Waals surface area contributed by atoms with Gasteiger partial charge in [0.15, 0.2) is 0 Å². The summed E-state index contributed by atoms with van der Waals surface area (Å²) in [6.07, 6.45) is 1.14. The van der Waals surface area contributed by atoms with Crippen molar-refractivity contribution in [3.05, 3.63) is 66.0 Å². The maximum absolute atomic E-state index is 13.3. The normalized spacial score (nSPS) is 11.5. The number of rotatable bonds is 6. The highest BCUT2D eigenvalue weighted by Crippen LogP contribution is 2.06. The van der Waals surface area contributed by atoms with Gasteiger partial charge in [-0.05, 0) is 18.2 Å². The molecule has 2 aromatic carbocycles. The molecule has 2 N–H and O–H groups in total. The molecule has 0 saturated carbocycles. The zero-order valence-corrected chi connectivity index (χ0v) is 12.8. The SMILES string of the molecule is O=C(CNS(=O)(=O)c1ccccc1)N/N=C/c1ccccc1F.